The molecule has 0 aliphatic carbocycles. The van der Waals surface area contributed by atoms with Gasteiger partial charge in [-0.1, -0.05) is 6.07 Å². The van der Waals surface area contributed by atoms with Crippen LogP contribution in [0.2, 0.25) is 0 Å². The minimum Gasteiger partial charge on any atom is -0.480 e. The summed E-state index contributed by atoms with van der Waals surface area (Å²) in [4.78, 5) is 42.7. The van der Waals surface area contributed by atoms with Crippen molar-refractivity contribution in [3.05, 3.63) is 30.1 Å². The van der Waals surface area contributed by atoms with Crippen molar-refractivity contribution in [3.63, 3.8) is 0 Å². The lowest BCUT2D eigenvalue weighted by atomic mass is 9.60. The van der Waals surface area contributed by atoms with E-state index in [-0.39, 0.29) is 19.6 Å². The average Bonchev–Trinajstić information content (AvgIpc) is 2.53. The summed E-state index contributed by atoms with van der Waals surface area (Å²) >= 11 is 0. The Morgan fingerprint density at radius 3 is 2.67 bits per heavy atom. The summed E-state index contributed by atoms with van der Waals surface area (Å²) in [7, 11) is 0. The number of likely N-dealkylation sites (tertiary alicyclic amines) is 1. The molecule has 128 valence electrons. The number of carboxylic acid groups (broad SMARTS) is 2. The fraction of sp³-hybridized carbons (Fsp3) is 0.500. The minimum absolute atomic E-state index is 0.0352. The van der Waals surface area contributed by atoms with Crippen molar-refractivity contribution in [1.29, 1.82) is 0 Å². The number of ketones is 1. The quantitative estimate of drug-likeness (QED) is 0.637. The zero-order valence-electron chi connectivity index (χ0n) is 13.2. The van der Waals surface area contributed by atoms with Crippen LogP contribution in [0.1, 0.15) is 12.6 Å². The molecule has 3 rings (SSSR count). The molecule has 2 aliphatic heterocycles. The molecule has 8 heteroatoms. The van der Waals surface area contributed by atoms with Gasteiger partial charge in [0.25, 0.3) is 0 Å². The third-order valence-electron chi connectivity index (χ3n) is 5.16. The number of carboxylic acids is 2. The van der Waals surface area contributed by atoms with E-state index in [9.17, 15) is 24.6 Å². The molecule has 3 atom stereocenters. The van der Waals surface area contributed by atoms with Gasteiger partial charge in [0.15, 0.2) is 16.6 Å². The smallest absolute Gasteiger partial charge is 0.320 e. The van der Waals surface area contributed by atoms with Gasteiger partial charge in [0.1, 0.15) is 0 Å². The van der Waals surface area contributed by atoms with E-state index >= 15 is 0 Å². The van der Waals surface area contributed by atoms with Gasteiger partial charge >= 0.3 is 11.9 Å². The van der Waals surface area contributed by atoms with Crippen molar-refractivity contribution < 1.29 is 24.6 Å². The first-order chi connectivity index (χ1) is 11.3. The molecule has 3 unspecified atom stereocenters. The normalized spacial score (nSPS) is 33.2. The van der Waals surface area contributed by atoms with Crippen molar-refractivity contribution in [2.45, 2.75) is 19.5 Å². The third kappa shape index (κ3) is 2.22. The van der Waals surface area contributed by atoms with Gasteiger partial charge in [0.05, 0.1) is 5.69 Å². The molecule has 0 amide bonds. The zero-order chi connectivity index (χ0) is 17.5. The highest BCUT2D eigenvalue weighted by Gasteiger charge is 2.67. The second-order valence-corrected chi connectivity index (χ2v) is 6.56. The lowest BCUT2D eigenvalue weighted by Gasteiger charge is -2.53. The maximum absolute atomic E-state index is 12.9. The van der Waals surface area contributed by atoms with E-state index in [1.54, 1.807) is 30.2 Å². The number of pyridine rings is 1. The number of aromatic nitrogens is 1. The molecule has 2 aliphatic rings. The Hall–Kier alpha value is -2.32. The van der Waals surface area contributed by atoms with Crippen molar-refractivity contribution in [1.82, 2.24) is 15.2 Å². The maximum Gasteiger partial charge on any atom is 0.320 e. The highest BCUT2D eigenvalue weighted by molar-refractivity contribution is 6.16. The number of aliphatic carboxylic acids is 2. The van der Waals surface area contributed by atoms with E-state index in [1.165, 1.54) is 0 Å². The molecule has 0 aromatic carbocycles. The predicted octanol–water partition coefficient (Wildman–Crippen LogP) is -0.400. The summed E-state index contributed by atoms with van der Waals surface area (Å²) in [5.74, 6) is -3.29. The van der Waals surface area contributed by atoms with Crippen molar-refractivity contribution in [2.75, 3.05) is 19.6 Å². The molecule has 2 fully saturated rings. The van der Waals surface area contributed by atoms with E-state index in [0.29, 0.717) is 12.2 Å². The number of hydrogen-bond donors (Lipinski definition) is 3. The van der Waals surface area contributed by atoms with Gasteiger partial charge in [-0.15, -0.1) is 0 Å². The SMILES string of the molecule is CC1NCC2(C(=O)O)CN(Cc3ccccn3)CC1(C(=O)O)C2=O. The first-order valence-corrected chi connectivity index (χ1v) is 7.70. The van der Waals surface area contributed by atoms with Crippen molar-refractivity contribution in [3.8, 4) is 0 Å². The largest absolute Gasteiger partial charge is 0.480 e. The summed E-state index contributed by atoms with van der Waals surface area (Å²) in [6.07, 6.45) is 1.62. The lowest BCUT2D eigenvalue weighted by Crippen LogP contribution is -2.76. The summed E-state index contributed by atoms with van der Waals surface area (Å²) in [5.41, 5.74) is -2.83. The van der Waals surface area contributed by atoms with Crippen LogP contribution in [0, 0.1) is 10.8 Å². The van der Waals surface area contributed by atoms with E-state index < -0.39 is 34.6 Å². The Kier molecular flexibility index (Phi) is 3.89. The monoisotopic (exact) mass is 333 g/mol. The molecular weight excluding hydrogens is 314 g/mol. The molecule has 0 radical (unpaired) electrons. The Balaban J connectivity index is 2.02. The fourth-order valence-corrected chi connectivity index (χ4v) is 3.76. The molecular formula is C16H19N3O5. The number of nitrogens with one attached hydrogen (secondary N) is 1. The van der Waals surface area contributed by atoms with Crippen LogP contribution >= 0.6 is 0 Å². The topological polar surface area (TPSA) is 120 Å². The first kappa shape index (κ1) is 16.5. The molecule has 3 heterocycles. The van der Waals surface area contributed by atoms with Gasteiger partial charge < -0.3 is 15.5 Å². The number of hydrogen-bond acceptors (Lipinski definition) is 6. The van der Waals surface area contributed by atoms with Gasteiger partial charge in [-0.2, -0.15) is 0 Å². The fourth-order valence-electron chi connectivity index (χ4n) is 3.76. The van der Waals surface area contributed by atoms with E-state index in [1.807, 2.05) is 6.07 Å². The van der Waals surface area contributed by atoms with E-state index in [0.717, 1.165) is 0 Å². The van der Waals surface area contributed by atoms with Crippen molar-refractivity contribution >= 4 is 17.7 Å². The Morgan fingerprint density at radius 2 is 2.08 bits per heavy atom. The van der Waals surface area contributed by atoms with Crippen LogP contribution in [-0.2, 0) is 20.9 Å². The predicted molar refractivity (Wildman–Crippen MR) is 82.1 cm³/mol. The molecule has 2 saturated heterocycles. The van der Waals surface area contributed by atoms with Crippen LogP contribution in [0.5, 0.6) is 0 Å². The molecule has 1 aromatic rings. The number of Topliss-reactive ketones (excluding diaryl/α,β-unsaturated/α-hetero) is 1. The minimum atomic E-state index is -1.77. The summed E-state index contributed by atoms with van der Waals surface area (Å²) in [6, 6.07) is 4.71. The third-order valence-corrected chi connectivity index (χ3v) is 5.16. The van der Waals surface area contributed by atoms with Gasteiger partial charge in [0.2, 0.25) is 0 Å². The molecule has 0 spiro atoms. The number of piperidine rings is 2. The van der Waals surface area contributed by atoms with Gasteiger partial charge in [-0.25, -0.2) is 0 Å². The Morgan fingerprint density at radius 1 is 1.33 bits per heavy atom. The standard InChI is InChI=1S/C16H19N3O5/c1-10-16(14(23)24)9-19(6-11-4-2-3-5-17-11)8-15(7-18-10,12(16)20)13(21)22/h2-5,10,18H,6-9H2,1H3,(H,21,22)(H,23,24). The maximum atomic E-state index is 12.9. The average molecular weight is 333 g/mol. The molecule has 2 bridgehead atoms. The second-order valence-electron chi connectivity index (χ2n) is 6.56. The lowest BCUT2D eigenvalue weighted by molar-refractivity contribution is -0.181. The molecule has 8 nitrogen and oxygen atoms in total. The first-order valence-electron chi connectivity index (χ1n) is 7.70. The number of carbonyl (C=O) groups is 3. The molecule has 3 N–H and O–H groups in total. The van der Waals surface area contributed by atoms with Gasteiger partial charge in [0, 0.05) is 38.4 Å². The summed E-state index contributed by atoms with van der Waals surface area (Å²) in [5, 5.41) is 22.4. The zero-order valence-corrected chi connectivity index (χ0v) is 13.2. The molecule has 0 saturated carbocycles. The van der Waals surface area contributed by atoms with Gasteiger partial charge in [-0.3, -0.25) is 24.3 Å². The number of carbonyl (C=O) groups excluding carboxylic acids is 1. The van der Waals surface area contributed by atoms with E-state index in [4.69, 9.17) is 0 Å². The van der Waals surface area contributed by atoms with Crippen LogP contribution < -0.4 is 5.32 Å². The van der Waals surface area contributed by atoms with Crippen LogP contribution in [-0.4, -0.2) is 63.5 Å². The van der Waals surface area contributed by atoms with Crippen LogP contribution in [0.4, 0.5) is 0 Å². The van der Waals surface area contributed by atoms with Crippen LogP contribution in [0.3, 0.4) is 0 Å². The molecule has 24 heavy (non-hydrogen) atoms. The number of nitrogens with zero attached hydrogens (tertiary/aromatic N) is 2. The summed E-state index contributed by atoms with van der Waals surface area (Å²) < 4.78 is 0. The Bertz CT molecular complexity index is 694. The highest BCUT2D eigenvalue weighted by atomic mass is 16.4. The highest BCUT2D eigenvalue weighted by Crippen LogP contribution is 2.43. The second kappa shape index (κ2) is 5.64. The molecule has 1 aromatic heterocycles. The van der Waals surface area contributed by atoms with Crippen molar-refractivity contribution in [2.24, 2.45) is 10.8 Å². The van der Waals surface area contributed by atoms with Crippen LogP contribution in [0.25, 0.3) is 0 Å². The Labute approximate surface area is 138 Å². The van der Waals surface area contributed by atoms with E-state index in [2.05, 4.69) is 10.3 Å². The summed E-state index contributed by atoms with van der Waals surface area (Å²) in [6.45, 7) is 1.76. The number of fused-ring (bicyclic) bond motifs is 2. The van der Waals surface area contributed by atoms with Crippen LogP contribution in [0.15, 0.2) is 24.4 Å². The number of rotatable bonds is 4. The van der Waals surface area contributed by atoms with Gasteiger partial charge in [-0.05, 0) is 19.1 Å².